The number of carbonyl (C=O) groups excluding carboxylic acids is 1. The Balaban J connectivity index is 1.62. The summed E-state index contributed by atoms with van der Waals surface area (Å²) in [5.41, 5.74) is 3.48. The summed E-state index contributed by atoms with van der Waals surface area (Å²) in [6.45, 7) is 5.99. The van der Waals surface area contributed by atoms with E-state index in [2.05, 4.69) is 25.7 Å². The van der Waals surface area contributed by atoms with Crippen molar-refractivity contribution in [2.45, 2.75) is 39.7 Å². The Morgan fingerprint density at radius 2 is 1.81 bits per heavy atom. The molecule has 0 fully saturated rings. The molecule has 0 atom stereocenters. The third kappa shape index (κ3) is 4.07. The van der Waals surface area contributed by atoms with Crippen LogP contribution in [0.3, 0.4) is 0 Å². The second kappa shape index (κ2) is 8.47. The number of tetrazole rings is 1. The standard InChI is InChI=1S/C22H23N7O2/c1-4-19(30)29-22(31)28(21(25-29)14(2)3)13-15-8-10-16(11-9-15)17-6-5-7-18(12-17)20-23-26-27-24-20/h5-12,14H,4,13H2,1-3H3,(H,23,24,26,27). The summed E-state index contributed by atoms with van der Waals surface area (Å²) in [4.78, 5) is 24.8. The number of carbonyl (C=O) groups is 1. The second-order valence-corrected chi connectivity index (χ2v) is 7.55. The summed E-state index contributed by atoms with van der Waals surface area (Å²) in [5, 5.41) is 18.4. The number of hydrogen-bond acceptors (Lipinski definition) is 6. The topological polar surface area (TPSA) is 111 Å². The van der Waals surface area contributed by atoms with E-state index in [4.69, 9.17) is 0 Å². The maximum Gasteiger partial charge on any atom is 0.353 e. The van der Waals surface area contributed by atoms with Gasteiger partial charge in [0.25, 0.3) is 5.91 Å². The summed E-state index contributed by atoms with van der Waals surface area (Å²) >= 11 is 0. The number of hydrogen-bond donors (Lipinski definition) is 1. The molecule has 0 amide bonds. The zero-order valence-electron chi connectivity index (χ0n) is 17.6. The van der Waals surface area contributed by atoms with Crippen molar-refractivity contribution in [1.82, 2.24) is 35.0 Å². The van der Waals surface area contributed by atoms with Crippen molar-refractivity contribution in [2.75, 3.05) is 0 Å². The molecule has 4 rings (SSSR count). The van der Waals surface area contributed by atoms with Crippen molar-refractivity contribution in [3.8, 4) is 22.5 Å². The highest BCUT2D eigenvalue weighted by molar-refractivity contribution is 5.77. The fourth-order valence-corrected chi connectivity index (χ4v) is 3.41. The first-order valence-electron chi connectivity index (χ1n) is 10.1. The molecule has 4 aromatic rings. The minimum Gasteiger partial charge on any atom is -0.274 e. The van der Waals surface area contributed by atoms with Gasteiger partial charge in [-0.3, -0.25) is 9.36 Å². The van der Waals surface area contributed by atoms with E-state index in [1.807, 2.05) is 62.4 Å². The fraction of sp³-hybridized carbons (Fsp3) is 0.273. The van der Waals surface area contributed by atoms with Gasteiger partial charge >= 0.3 is 5.69 Å². The highest BCUT2D eigenvalue weighted by Gasteiger charge is 2.19. The van der Waals surface area contributed by atoms with E-state index in [9.17, 15) is 9.59 Å². The van der Waals surface area contributed by atoms with Gasteiger partial charge in [-0.25, -0.2) is 4.79 Å². The lowest BCUT2D eigenvalue weighted by Crippen LogP contribution is -2.30. The quantitative estimate of drug-likeness (QED) is 0.516. The molecule has 2 aromatic heterocycles. The minimum absolute atomic E-state index is 0.0192. The third-order valence-electron chi connectivity index (χ3n) is 5.04. The molecule has 0 spiro atoms. The zero-order chi connectivity index (χ0) is 22.0. The lowest BCUT2D eigenvalue weighted by molar-refractivity contribution is 0.0887. The Morgan fingerprint density at radius 3 is 2.45 bits per heavy atom. The largest absolute Gasteiger partial charge is 0.353 e. The van der Waals surface area contributed by atoms with Gasteiger partial charge in [0.15, 0.2) is 0 Å². The predicted molar refractivity (Wildman–Crippen MR) is 116 cm³/mol. The van der Waals surface area contributed by atoms with Crippen LogP contribution in [-0.4, -0.2) is 40.9 Å². The molecule has 0 saturated carbocycles. The van der Waals surface area contributed by atoms with Crippen LogP contribution >= 0.6 is 0 Å². The molecule has 2 heterocycles. The molecule has 0 aliphatic heterocycles. The average molecular weight is 417 g/mol. The van der Waals surface area contributed by atoms with E-state index in [-0.39, 0.29) is 18.2 Å². The number of aromatic nitrogens is 7. The van der Waals surface area contributed by atoms with Crippen molar-refractivity contribution < 1.29 is 4.79 Å². The predicted octanol–water partition coefficient (Wildman–Crippen LogP) is 3.11. The van der Waals surface area contributed by atoms with Crippen molar-refractivity contribution in [1.29, 1.82) is 0 Å². The van der Waals surface area contributed by atoms with Gasteiger partial charge in [-0.15, -0.1) is 20.0 Å². The fourth-order valence-electron chi connectivity index (χ4n) is 3.41. The van der Waals surface area contributed by atoms with Crippen LogP contribution in [0.4, 0.5) is 0 Å². The normalized spacial score (nSPS) is 11.2. The van der Waals surface area contributed by atoms with Crippen LogP contribution in [0, 0.1) is 0 Å². The van der Waals surface area contributed by atoms with Gasteiger partial charge in [0.1, 0.15) is 5.82 Å². The molecule has 31 heavy (non-hydrogen) atoms. The second-order valence-electron chi connectivity index (χ2n) is 7.55. The van der Waals surface area contributed by atoms with Crippen LogP contribution in [0.1, 0.15) is 49.3 Å². The Morgan fingerprint density at radius 1 is 1.06 bits per heavy atom. The average Bonchev–Trinajstić information content (AvgIpc) is 3.43. The number of benzene rings is 2. The van der Waals surface area contributed by atoms with Crippen LogP contribution in [0.25, 0.3) is 22.5 Å². The Bertz CT molecular complexity index is 1250. The summed E-state index contributed by atoms with van der Waals surface area (Å²) in [6, 6.07) is 15.9. The third-order valence-corrected chi connectivity index (χ3v) is 5.04. The monoisotopic (exact) mass is 417 g/mol. The van der Waals surface area contributed by atoms with E-state index >= 15 is 0 Å². The van der Waals surface area contributed by atoms with Crippen molar-refractivity contribution in [3.05, 3.63) is 70.4 Å². The minimum atomic E-state index is -0.396. The maximum absolute atomic E-state index is 12.8. The van der Waals surface area contributed by atoms with Crippen LogP contribution in [0.2, 0.25) is 0 Å². The number of nitrogens with one attached hydrogen (secondary N) is 1. The highest BCUT2D eigenvalue weighted by Crippen LogP contribution is 2.24. The molecule has 1 N–H and O–H groups in total. The SMILES string of the molecule is CCC(=O)n1nc(C(C)C)n(Cc2ccc(-c3cccc(-c4nn[nH]n4)c3)cc2)c1=O. The molecule has 0 bridgehead atoms. The van der Waals surface area contributed by atoms with E-state index in [0.29, 0.717) is 18.2 Å². The molecule has 0 aliphatic carbocycles. The molecule has 0 aliphatic rings. The first kappa shape index (κ1) is 20.4. The number of H-pyrrole nitrogens is 1. The molecular weight excluding hydrogens is 394 g/mol. The Hall–Kier alpha value is -3.88. The maximum atomic E-state index is 12.8. The molecule has 9 nitrogen and oxygen atoms in total. The van der Waals surface area contributed by atoms with E-state index in [1.165, 1.54) is 0 Å². The van der Waals surface area contributed by atoms with Gasteiger partial charge in [-0.1, -0.05) is 63.2 Å². The number of aromatic amines is 1. The van der Waals surface area contributed by atoms with Gasteiger partial charge in [0, 0.05) is 17.9 Å². The molecule has 9 heteroatoms. The van der Waals surface area contributed by atoms with Gasteiger partial charge in [0.05, 0.1) is 6.54 Å². The van der Waals surface area contributed by atoms with Gasteiger partial charge in [0.2, 0.25) is 5.82 Å². The van der Waals surface area contributed by atoms with Crippen molar-refractivity contribution in [3.63, 3.8) is 0 Å². The highest BCUT2D eigenvalue weighted by atomic mass is 16.2. The summed E-state index contributed by atoms with van der Waals surface area (Å²) in [5.74, 6) is 0.856. The molecular formula is C22H23N7O2. The van der Waals surface area contributed by atoms with Crippen LogP contribution in [0.15, 0.2) is 53.3 Å². The Kier molecular flexibility index (Phi) is 5.57. The lowest BCUT2D eigenvalue weighted by atomic mass is 10.0. The molecule has 158 valence electrons. The lowest BCUT2D eigenvalue weighted by Gasteiger charge is -2.09. The molecule has 0 radical (unpaired) electrons. The van der Waals surface area contributed by atoms with E-state index in [1.54, 1.807) is 11.5 Å². The van der Waals surface area contributed by atoms with Crippen LogP contribution in [0.5, 0.6) is 0 Å². The number of rotatable bonds is 6. The molecule has 0 unspecified atom stereocenters. The molecule has 0 saturated heterocycles. The smallest absolute Gasteiger partial charge is 0.274 e. The summed E-state index contributed by atoms with van der Waals surface area (Å²) in [6.07, 6.45) is 0.228. The van der Waals surface area contributed by atoms with E-state index in [0.717, 1.165) is 26.9 Å². The van der Waals surface area contributed by atoms with E-state index < -0.39 is 5.69 Å². The summed E-state index contributed by atoms with van der Waals surface area (Å²) in [7, 11) is 0. The van der Waals surface area contributed by atoms with Crippen molar-refractivity contribution in [2.24, 2.45) is 0 Å². The van der Waals surface area contributed by atoms with Gasteiger partial charge in [-0.05, 0) is 28.0 Å². The number of nitrogens with zero attached hydrogens (tertiary/aromatic N) is 6. The first-order valence-corrected chi connectivity index (χ1v) is 10.1. The summed E-state index contributed by atoms with van der Waals surface area (Å²) < 4.78 is 2.55. The van der Waals surface area contributed by atoms with Gasteiger partial charge < -0.3 is 0 Å². The van der Waals surface area contributed by atoms with Gasteiger partial charge in [-0.2, -0.15) is 5.21 Å². The van der Waals surface area contributed by atoms with Crippen molar-refractivity contribution >= 4 is 5.91 Å². The van der Waals surface area contributed by atoms with Crippen LogP contribution in [-0.2, 0) is 6.54 Å². The first-order chi connectivity index (χ1) is 15.0. The Labute approximate surface area is 178 Å². The molecule has 2 aromatic carbocycles. The van der Waals surface area contributed by atoms with Crippen LogP contribution < -0.4 is 5.69 Å². The zero-order valence-corrected chi connectivity index (χ0v) is 17.6.